The van der Waals surface area contributed by atoms with Gasteiger partial charge in [-0.05, 0) is 41.3 Å². The lowest BCUT2D eigenvalue weighted by molar-refractivity contribution is 0.155. The quantitative estimate of drug-likeness (QED) is 0.547. The van der Waals surface area contributed by atoms with E-state index in [4.69, 9.17) is 4.74 Å². The molecule has 1 aliphatic heterocycles. The van der Waals surface area contributed by atoms with Crippen molar-refractivity contribution in [1.29, 1.82) is 0 Å². The molecule has 3 aromatic carbocycles. The lowest BCUT2D eigenvalue weighted by Crippen LogP contribution is -2.28. The van der Waals surface area contributed by atoms with Crippen LogP contribution >= 0.6 is 0 Å². The van der Waals surface area contributed by atoms with E-state index in [0.29, 0.717) is 11.3 Å². The van der Waals surface area contributed by atoms with Gasteiger partial charge >= 0.3 is 6.09 Å². The van der Waals surface area contributed by atoms with Gasteiger partial charge in [0, 0.05) is 30.9 Å². The average molecular weight is 416 g/mol. The highest BCUT2D eigenvalue weighted by atomic mass is 19.1. The van der Waals surface area contributed by atoms with E-state index in [1.165, 1.54) is 11.6 Å². The smallest absolute Gasteiger partial charge is 0.411 e. The molecule has 0 saturated heterocycles. The van der Waals surface area contributed by atoms with E-state index < -0.39 is 6.09 Å². The van der Waals surface area contributed by atoms with E-state index in [1.807, 2.05) is 48.5 Å². The van der Waals surface area contributed by atoms with Crippen molar-refractivity contribution in [1.82, 2.24) is 4.90 Å². The van der Waals surface area contributed by atoms with Gasteiger partial charge in [-0.2, -0.15) is 0 Å². The molecule has 1 heterocycles. The van der Waals surface area contributed by atoms with Crippen LogP contribution in [0.1, 0.15) is 23.1 Å². The number of carbonyl (C=O) groups excluding carboxylic acids is 1. The Morgan fingerprint density at radius 2 is 1.68 bits per heavy atom. The highest BCUT2D eigenvalue weighted by Crippen LogP contribution is 2.27. The van der Waals surface area contributed by atoms with Crippen molar-refractivity contribution in [2.24, 2.45) is 0 Å². The molecule has 1 amide bonds. The van der Waals surface area contributed by atoms with Gasteiger partial charge in [0.25, 0.3) is 0 Å². The van der Waals surface area contributed by atoms with Crippen LogP contribution in [0.3, 0.4) is 0 Å². The number of anilines is 1. The van der Waals surface area contributed by atoms with Crippen molar-refractivity contribution >= 4 is 17.4 Å². The van der Waals surface area contributed by atoms with Gasteiger partial charge in [0.05, 0.1) is 0 Å². The van der Waals surface area contributed by atoms with Gasteiger partial charge in [-0.15, -0.1) is 0 Å². The van der Waals surface area contributed by atoms with Gasteiger partial charge in [-0.3, -0.25) is 10.2 Å². The van der Waals surface area contributed by atoms with Gasteiger partial charge in [0.2, 0.25) is 0 Å². The zero-order chi connectivity index (χ0) is 21.5. The number of ether oxygens (including phenoxy) is 1. The Labute approximate surface area is 182 Å². The summed E-state index contributed by atoms with van der Waals surface area (Å²) in [5.74, 6) is -0.344. The summed E-state index contributed by atoms with van der Waals surface area (Å²) in [5, 5.41) is 2.59. The molecule has 0 atom stereocenters. The summed E-state index contributed by atoms with van der Waals surface area (Å²) in [6.07, 6.45) is 2.27. The molecule has 0 bridgehead atoms. The van der Waals surface area contributed by atoms with E-state index in [-0.39, 0.29) is 12.4 Å². The second-order valence-corrected chi connectivity index (χ2v) is 7.58. The third-order valence-corrected chi connectivity index (χ3v) is 5.32. The van der Waals surface area contributed by atoms with E-state index in [9.17, 15) is 9.18 Å². The predicted octanol–water partition coefficient (Wildman–Crippen LogP) is 5.86. The summed E-state index contributed by atoms with van der Waals surface area (Å²) in [6, 6.07) is 24.5. The fourth-order valence-corrected chi connectivity index (χ4v) is 3.67. The van der Waals surface area contributed by atoms with Crippen LogP contribution in [-0.4, -0.2) is 24.1 Å². The zero-order valence-electron chi connectivity index (χ0n) is 17.3. The van der Waals surface area contributed by atoms with Gasteiger partial charge in [-0.25, -0.2) is 9.18 Å². The average Bonchev–Trinajstić information content (AvgIpc) is 2.80. The van der Waals surface area contributed by atoms with Crippen molar-refractivity contribution in [3.63, 3.8) is 0 Å². The summed E-state index contributed by atoms with van der Waals surface area (Å²) < 4.78 is 19.9. The highest BCUT2D eigenvalue weighted by molar-refractivity contribution is 5.85. The molecule has 1 aliphatic rings. The highest BCUT2D eigenvalue weighted by Gasteiger charge is 2.16. The van der Waals surface area contributed by atoms with E-state index in [0.717, 1.165) is 37.2 Å². The molecule has 0 aromatic heterocycles. The molecule has 31 heavy (non-hydrogen) atoms. The molecule has 0 unspecified atom stereocenters. The summed E-state index contributed by atoms with van der Waals surface area (Å²) in [6.45, 7) is 2.72. The first-order valence-corrected chi connectivity index (χ1v) is 10.4. The molecule has 0 saturated carbocycles. The minimum Gasteiger partial charge on any atom is -0.444 e. The monoisotopic (exact) mass is 416 g/mol. The number of amides is 1. The minimum absolute atomic E-state index is 0.166. The van der Waals surface area contributed by atoms with Gasteiger partial charge in [0.1, 0.15) is 12.4 Å². The first kappa shape index (κ1) is 20.8. The second kappa shape index (κ2) is 10.0. The molecule has 4 rings (SSSR count). The maximum absolute atomic E-state index is 14.7. The first-order chi connectivity index (χ1) is 15.2. The van der Waals surface area contributed by atoms with Crippen LogP contribution in [0.5, 0.6) is 0 Å². The molecular formula is C26H25FN2O2. The van der Waals surface area contributed by atoms with Crippen LogP contribution in [0, 0.1) is 5.82 Å². The van der Waals surface area contributed by atoms with Crippen molar-refractivity contribution < 1.29 is 13.9 Å². The van der Waals surface area contributed by atoms with Gasteiger partial charge in [0.15, 0.2) is 0 Å². The predicted molar refractivity (Wildman–Crippen MR) is 121 cm³/mol. The third-order valence-electron chi connectivity index (χ3n) is 5.32. The molecule has 5 heteroatoms. The topological polar surface area (TPSA) is 41.6 Å². The van der Waals surface area contributed by atoms with E-state index in [1.54, 1.807) is 12.1 Å². The number of rotatable bonds is 6. The lowest BCUT2D eigenvalue weighted by atomic mass is 9.98. The van der Waals surface area contributed by atoms with E-state index in [2.05, 4.69) is 28.4 Å². The molecular weight excluding hydrogens is 391 g/mol. The van der Waals surface area contributed by atoms with Crippen LogP contribution in [0.2, 0.25) is 0 Å². The molecule has 0 fully saturated rings. The molecule has 3 aromatic rings. The molecule has 4 nitrogen and oxygen atoms in total. The summed E-state index contributed by atoms with van der Waals surface area (Å²) >= 11 is 0. The number of carbonyl (C=O) groups is 1. The number of nitrogens with one attached hydrogen (secondary N) is 1. The molecule has 1 N–H and O–H groups in total. The van der Waals surface area contributed by atoms with Crippen molar-refractivity contribution in [2.75, 3.05) is 18.4 Å². The Balaban J connectivity index is 1.32. The van der Waals surface area contributed by atoms with Gasteiger partial charge < -0.3 is 4.74 Å². The number of hydrogen-bond donors (Lipinski definition) is 1. The Bertz CT molecular complexity index is 1050. The van der Waals surface area contributed by atoms with Crippen LogP contribution in [0.4, 0.5) is 14.9 Å². The normalized spacial score (nSPS) is 14.0. The van der Waals surface area contributed by atoms with Crippen molar-refractivity contribution in [3.8, 4) is 0 Å². The number of nitrogens with zero attached hydrogens (tertiary/aromatic N) is 1. The second-order valence-electron chi connectivity index (χ2n) is 7.58. The summed E-state index contributed by atoms with van der Waals surface area (Å²) in [5.41, 5.74) is 4.13. The van der Waals surface area contributed by atoms with Crippen molar-refractivity contribution in [3.05, 3.63) is 107 Å². The van der Waals surface area contributed by atoms with Crippen LogP contribution in [0.15, 0.2) is 84.9 Å². The van der Waals surface area contributed by atoms with Crippen LogP contribution < -0.4 is 5.32 Å². The fraction of sp³-hybridized carbons (Fsp3) is 0.192. The number of halogens is 1. The van der Waals surface area contributed by atoms with Gasteiger partial charge in [-0.1, -0.05) is 66.7 Å². The molecule has 0 spiro atoms. The zero-order valence-corrected chi connectivity index (χ0v) is 17.3. The maximum Gasteiger partial charge on any atom is 0.411 e. The minimum atomic E-state index is -0.607. The largest absolute Gasteiger partial charge is 0.444 e. The first-order valence-electron chi connectivity index (χ1n) is 10.4. The molecule has 0 aliphatic carbocycles. The maximum atomic E-state index is 14.7. The Morgan fingerprint density at radius 1 is 0.968 bits per heavy atom. The fourth-order valence-electron chi connectivity index (χ4n) is 3.67. The SMILES string of the molecule is O=C(Nc1ccc(C2=CCN(Cc3ccccc3)CC2)c(F)c1)OCc1ccccc1. The summed E-state index contributed by atoms with van der Waals surface area (Å²) in [7, 11) is 0. The Kier molecular flexibility index (Phi) is 6.75. The lowest BCUT2D eigenvalue weighted by Gasteiger charge is -2.26. The molecule has 0 radical (unpaired) electrons. The third kappa shape index (κ3) is 5.80. The Hall–Kier alpha value is -3.44. The standard InChI is InChI=1S/C26H25FN2O2/c27-25-17-23(28-26(30)31-19-21-9-5-2-6-10-21)11-12-24(25)22-13-15-29(16-14-22)18-20-7-3-1-4-8-20/h1-13,17H,14-16,18-19H2,(H,28,30). The van der Waals surface area contributed by atoms with Crippen LogP contribution in [0.25, 0.3) is 5.57 Å². The molecule has 158 valence electrons. The number of benzene rings is 3. The summed E-state index contributed by atoms with van der Waals surface area (Å²) in [4.78, 5) is 14.3. The van der Waals surface area contributed by atoms with Crippen LogP contribution in [-0.2, 0) is 17.9 Å². The number of hydrogen-bond acceptors (Lipinski definition) is 3. The van der Waals surface area contributed by atoms with E-state index >= 15 is 0 Å². The Morgan fingerprint density at radius 3 is 2.32 bits per heavy atom. The van der Waals surface area contributed by atoms with Crippen molar-refractivity contribution in [2.45, 2.75) is 19.6 Å².